The molecular formula is C22H24N2O4S. The first-order valence-electron chi connectivity index (χ1n) is 9.28. The molecule has 3 aromatic rings. The molecule has 0 radical (unpaired) electrons. The number of benzene rings is 3. The summed E-state index contributed by atoms with van der Waals surface area (Å²) in [4.78, 5) is 12.7. The number of hydrogen-bond acceptors (Lipinski definition) is 4. The molecule has 3 rings (SSSR count). The van der Waals surface area contributed by atoms with Crippen LogP contribution in [0.3, 0.4) is 0 Å². The molecule has 0 aliphatic heterocycles. The van der Waals surface area contributed by atoms with Crippen LogP contribution in [-0.4, -0.2) is 33.7 Å². The third-order valence-corrected chi connectivity index (χ3v) is 5.84. The molecule has 0 unspecified atom stereocenters. The quantitative estimate of drug-likeness (QED) is 0.636. The highest BCUT2D eigenvalue weighted by atomic mass is 32.2. The number of ether oxygens (including phenoxy) is 1. The molecule has 0 saturated heterocycles. The van der Waals surface area contributed by atoms with Crippen LogP contribution in [0.4, 0.5) is 11.4 Å². The first kappa shape index (κ1) is 20.7. The zero-order valence-corrected chi connectivity index (χ0v) is 17.4. The van der Waals surface area contributed by atoms with Crippen LogP contribution in [0.25, 0.3) is 10.8 Å². The predicted molar refractivity (Wildman–Crippen MR) is 117 cm³/mol. The van der Waals surface area contributed by atoms with Crippen molar-refractivity contribution in [1.29, 1.82) is 0 Å². The van der Waals surface area contributed by atoms with E-state index in [0.717, 1.165) is 21.3 Å². The number of carbonyl (C=O) groups is 1. The fourth-order valence-electron chi connectivity index (χ4n) is 2.92. The van der Waals surface area contributed by atoms with E-state index in [0.29, 0.717) is 23.5 Å². The van der Waals surface area contributed by atoms with Gasteiger partial charge in [0, 0.05) is 12.7 Å². The third kappa shape index (κ3) is 5.06. The van der Waals surface area contributed by atoms with E-state index in [1.54, 1.807) is 24.3 Å². The number of nitrogens with zero attached hydrogens (tertiary/aromatic N) is 1. The number of carbonyl (C=O) groups excluding carboxylic acids is 1. The van der Waals surface area contributed by atoms with E-state index in [1.807, 2.05) is 49.4 Å². The van der Waals surface area contributed by atoms with Crippen molar-refractivity contribution in [2.24, 2.45) is 0 Å². The minimum atomic E-state index is -3.38. The van der Waals surface area contributed by atoms with E-state index < -0.39 is 16.1 Å². The average Bonchev–Trinajstić information content (AvgIpc) is 2.70. The molecule has 0 saturated carbocycles. The first-order chi connectivity index (χ1) is 13.8. The molecular weight excluding hydrogens is 388 g/mol. The van der Waals surface area contributed by atoms with E-state index >= 15 is 0 Å². The van der Waals surface area contributed by atoms with Crippen LogP contribution in [0.2, 0.25) is 0 Å². The van der Waals surface area contributed by atoms with Crippen molar-refractivity contribution >= 4 is 38.1 Å². The fourth-order valence-corrected chi connectivity index (χ4v) is 3.42. The molecule has 152 valence electrons. The summed E-state index contributed by atoms with van der Waals surface area (Å²) in [6, 6.07) is 20.3. The number of anilines is 2. The molecule has 0 aliphatic rings. The van der Waals surface area contributed by atoms with Gasteiger partial charge in [-0.2, -0.15) is 0 Å². The fraction of sp³-hybridized carbons (Fsp3) is 0.227. The normalized spacial score (nSPS) is 12.4. The van der Waals surface area contributed by atoms with Gasteiger partial charge in [0.25, 0.3) is 5.91 Å². The van der Waals surface area contributed by atoms with Gasteiger partial charge < -0.3 is 10.1 Å². The monoisotopic (exact) mass is 412 g/mol. The standard InChI is InChI=1S/C22H24N2O4S/c1-4-21(28-20-13-12-16-8-5-6-9-17(16)14-20)22(25)23-18-10-7-11-19(15-18)24(2)29(3,26)27/h5-15,21H,4H2,1-3H3,(H,23,25)/t21-/m1/s1. The van der Waals surface area contributed by atoms with Crippen molar-refractivity contribution in [2.75, 3.05) is 22.9 Å². The molecule has 1 amide bonds. The first-order valence-corrected chi connectivity index (χ1v) is 11.1. The van der Waals surface area contributed by atoms with E-state index in [9.17, 15) is 13.2 Å². The average molecular weight is 413 g/mol. The van der Waals surface area contributed by atoms with Gasteiger partial charge in [-0.05, 0) is 47.5 Å². The van der Waals surface area contributed by atoms with Crippen LogP contribution >= 0.6 is 0 Å². The van der Waals surface area contributed by atoms with Crippen LogP contribution in [0.1, 0.15) is 13.3 Å². The van der Waals surface area contributed by atoms with Gasteiger partial charge in [-0.15, -0.1) is 0 Å². The lowest BCUT2D eigenvalue weighted by Crippen LogP contribution is -2.32. The molecule has 0 spiro atoms. The van der Waals surface area contributed by atoms with Crippen molar-refractivity contribution in [3.8, 4) is 5.75 Å². The van der Waals surface area contributed by atoms with Crippen molar-refractivity contribution in [1.82, 2.24) is 0 Å². The molecule has 1 N–H and O–H groups in total. The van der Waals surface area contributed by atoms with Gasteiger partial charge in [0.05, 0.1) is 11.9 Å². The molecule has 0 aromatic heterocycles. The summed E-state index contributed by atoms with van der Waals surface area (Å²) >= 11 is 0. The molecule has 0 fully saturated rings. The Labute approximate surface area is 171 Å². The number of fused-ring (bicyclic) bond motifs is 1. The lowest BCUT2D eigenvalue weighted by Gasteiger charge is -2.20. The molecule has 0 aliphatic carbocycles. The molecule has 0 heterocycles. The topological polar surface area (TPSA) is 75.7 Å². The predicted octanol–water partition coefficient (Wildman–Crippen LogP) is 4.03. The summed E-state index contributed by atoms with van der Waals surface area (Å²) in [7, 11) is -1.92. The maximum Gasteiger partial charge on any atom is 0.265 e. The summed E-state index contributed by atoms with van der Waals surface area (Å²) in [5.41, 5.74) is 0.970. The van der Waals surface area contributed by atoms with Crippen molar-refractivity contribution in [3.05, 3.63) is 66.7 Å². The number of sulfonamides is 1. The van der Waals surface area contributed by atoms with Gasteiger partial charge in [0.2, 0.25) is 10.0 Å². The summed E-state index contributed by atoms with van der Waals surface area (Å²) in [5.74, 6) is 0.330. The third-order valence-electron chi connectivity index (χ3n) is 4.64. The number of rotatable bonds is 7. The van der Waals surface area contributed by atoms with Crippen LogP contribution in [0.5, 0.6) is 5.75 Å². The molecule has 6 nitrogen and oxygen atoms in total. The Morgan fingerprint density at radius 1 is 1.03 bits per heavy atom. The number of hydrogen-bond donors (Lipinski definition) is 1. The van der Waals surface area contributed by atoms with Gasteiger partial charge >= 0.3 is 0 Å². The summed E-state index contributed by atoms with van der Waals surface area (Å²) < 4.78 is 30.5. The van der Waals surface area contributed by atoms with Crippen LogP contribution in [0, 0.1) is 0 Å². The summed E-state index contributed by atoms with van der Waals surface area (Å²) in [6.07, 6.45) is 0.942. The van der Waals surface area contributed by atoms with Gasteiger partial charge in [-0.25, -0.2) is 8.42 Å². The van der Waals surface area contributed by atoms with Crippen molar-refractivity contribution in [3.63, 3.8) is 0 Å². The Morgan fingerprint density at radius 2 is 1.76 bits per heavy atom. The maximum absolute atomic E-state index is 12.7. The molecule has 29 heavy (non-hydrogen) atoms. The van der Waals surface area contributed by atoms with E-state index in [4.69, 9.17) is 4.74 Å². The number of amides is 1. The highest BCUT2D eigenvalue weighted by Crippen LogP contribution is 2.23. The van der Waals surface area contributed by atoms with Gasteiger partial charge in [0.1, 0.15) is 5.75 Å². The van der Waals surface area contributed by atoms with Crippen LogP contribution in [0.15, 0.2) is 66.7 Å². The van der Waals surface area contributed by atoms with E-state index in [1.165, 1.54) is 7.05 Å². The molecule has 0 bridgehead atoms. The highest BCUT2D eigenvalue weighted by Gasteiger charge is 2.19. The molecule has 3 aromatic carbocycles. The van der Waals surface area contributed by atoms with Crippen molar-refractivity contribution < 1.29 is 17.9 Å². The van der Waals surface area contributed by atoms with Gasteiger partial charge in [0.15, 0.2) is 6.10 Å². The highest BCUT2D eigenvalue weighted by molar-refractivity contribution is 7.92. The van der Waals surface area contributed by atoms with Crippen molar-refractivity contribution in [2.45, 2.75) is 19.4 Å². The Bertz CT molecular complexity index is 1130. The molecule has 7 heteroatoms. The summed E-state index contributed by atoms with van der Waals surface area (Å²) in [6.45, 7) is 1.87. The zero-order chi connectivity index (χ0) is 21.0. The SMILES string of the molecule is CC[C@@H](Oc1ccc2ccccc2c1)C(=O)Nc1cccc(N(C)S(C)(=O)=O)c1. The Balaban J connectivity index is 1.74. The second kappa shape index (κ2) is 8.53. The second-order valence-electron chi connectivity index (χ2n) is 6.79. The van der Waals surface area contributed by atoms with Crippen LogP contribution in [-0.2, 0) is 14.8 Å². The van der Waals surface area contributed by atoms with E-state index in [-0.39, 0.29) is 5.91 Å². The maximum atomic E-state index is 12.7. The number of nitrogens with one attached hydrogen (secondary N) is 1. The lowest BCUT2D eigenvalue weighted by atomic mass is 10.1. The lowest BCUT2D eigenvalue weighted by molar-refractivity contribution is -0.122. The zero-order valence-electron chi connectivity index (χ0n) is 16.6. The minimum Gasteiger partial charge on any atom is -0.481 e. The van der Waals surface area contributed by atoms with Gasteiger partial charge in [-0.3, -0.25) is 9.10 Å². The minimum absolute atomic E-state index is 0.292. The van der Waals surface area contributed by atoms with Crippen LogP contribution < -0.4 is 14.4 Å². The summed E-state index contributed by atoms with van der Waals surface area (Å²) in [5, 5.41) is 4.95. The Kier molecular flexibility index (Phi) is 6.08. The Morgan fingerprint density at radius 3 is 2.45 bits per heavy atom. The smallest absolute Gasteiger partial charge is 0.265 e. The second-order valence-corrected chi connectivity index (χ2v) is 8.81. The van der Waals surface area contributed by atoms with E-state index in [2.05, 4.69) is 5.32 Å². The Hall–Kier alpha value is -3.06. The largest absolute Gasteiger partial charge is 0.481 e. The van der Waals surface area contributed by atoms with Gasteiger partial charge in [-0.1, -0.05) is 43.3 Å². The molecule has 1 atom stereocenters.